The summed E-state index contributed by atoms with van der Waals surface area (Å²) < 4.78 is 15.7. The van der Waals surface area contributed by atoms with Gasteiger partial charge in [-0.3, -0.25) is 0 Å². The molecule has 7 nitrogen and oxygen atoms in total. The predicted molar refractivity (Wildman–Crippen MR) is 71.8 cm³/mol. The van der Waals surface area contributed by atoms with E-state index in [1.54, 1.807) is 7.11 Å². The molecule has 1 aromatic heterocycles. The van der Waals surface area contributed by atoms with E-state index in [0.29, 0.717) is 29.5 Å². The van der Waals surface area contributed by atoms with Crippen molar-refractivity contribution < 1.29 is 14.2 Å². The van der Waals surface area contributed by atoms with Crippen molar-refractivity contribution >= 4 is 11.6 Å². The van der Waals surface area contributed by atoms with Crippen LogP contribution in [0.3, 0.4) is 0 Å². The second kappa shape index (κ2) is 5.92. The van der Waals surface area contributed by atoms with Gasteiger partial charge in [0.15, 0.2) is 5.69 Å². The van der Waals surface area contributed by atoms with E-state index in [-0.39, 0.29) is 0 Å². The molecule has 0 bridgehead atoms. The van der Waals surface area contributed by atoms with Crippen LogP contribution in [0.5, 0.6) is 11.8 Å². The monoisotopic (exact) mass is 268 g/mol. The van der Waals surface area contributed by atoms with Gasteiger partial charge >= 0.3 is 0 Å². The molecule has 0 radical (unpaired) electrons. The van der Waals surface area contributed by atoms with Gasteiger partial charge in [-0.15, -0.1) is 0 Å². The highest BCUT2D eigenvalue weighted by atomic mass is 16.5. The van der Waals surface area contributed by atoms with E-state index >= 15 is 0 Å². The Hall–Kier alpha value is -1.76. The second-order valence-electron chi connectivity index (χ2n) is 4.38. The van der Waals surface area contributed by atoms with E-state index in [2.05, 4.69) is 14.9 Å². The molecule has 0 saturated carbocycles. The van der Waals surface area contributed by atoms with Gasteiger partial charge in [0.05, 0.1) is 20.3 Å². The van der Waals surface area contributed by atoms with E-state index in [4.69, 9.17) is 19.9 Å². The van der Waals surface area contributed by atoms with E-state index in [1.165, 1.54) is 14.2 Å². The van der Waals surface area contributed by atoms with Gasteiger partial charge in [0, 0.05) is 20.2 Å². The maximum absolute atomic E-state index is 5.83. The van der Waals surface area contributed by atoms with E-state index in [1.807, 2.05) is 0 Å². The second-order valence-corrected chi connectivity index (χ2v) is 4.38. The molecule has 0 amide bonds. The summed E-state index contributed by atoms with van der Waals surface area (Å²) in [5, 5.41) is 0. The number of piperidine rings is 1. The normalized spacial score (nSPS) is 16.5. The summed E-state index contributed by atoms with van der Waals surface area (Å²) in [5.74, 6) is 1.27. The lowest BCUT2D eigenvalue weighted by Crippen LogP contribution is -2.37. The molecule has 2 rings (SSSR count). The first kappa shape index (κ1) is 13.7. The van der Waals surface area contributed by atoms with Gasteiger partial charge in [0.2, 0.25) is 17.7 Å². The average Bonchev–Trinajstić information content (AvgIpc) is 2.47. The lowest BCUT2D eigenvalue weighted by Gasteiger charge is -2.31. The molecule has 0 aromatic carbocycles. The van der Waals surface area contributed by atoms with Crippen LogP contribution in [0.15, 0.2) is 0 Å². The predicted octanol–water partition coefficient (Wildman–Crippen LogP) is 0.691. The Bertz CT molecular complexity index is 408. The molecule has 2 N–H and O–H groups in total. The van der Waals surface area contributed by atoms with E-state index in [0.717, 1.165) is 25.9 Å². The summed E-state index contributed by atoms with van der Waals surface area (Å²) in [6, 6.07) is 0. The van der Waals surface area contributed by atoms with Gasteiger partial charge in [0.1, 0.15) is 0 Å². The van der Waals surface area contributed by atoms with Crippen LogP contribution in [0.25, 0.3) is 0 Å². The number of nitrogens with zero attached hydrogens (tertiary/aromatic N) is 3. The van der Waals surface area contributed by atoms with Crippen molar-refractivity contribution in [2.24, 2.45) is 0 Å². The Balaban J connectivity index is 2.20. The largest absolute Gasteiger partial charge is 0.479 e. The van der Waals surface area contributed by atoms with Crippen LogP contribution in [0.1, 0.15) is 12.8 Å². The van der Waals surface area contributed by atoms with Crippen molar-refractivity contribution in [1.82, 2.24) is 9.97 Å². The number of anilines is 2. The van der Waals surface area contributed by atoms with Crippen molar-refractivity contribution in [3.63, 3.8) is 0 Å². The van der Waals surface area contributed by atoms with E-state index in [9.17, 15) is 0 Å². The van der Waals surface area contributed by atoms with Crippen molar-refractivity contribution in [1.29, 1.82) is 0 Å². The maximum atomic E-state index is 5.83. The minimum absolute atomic E-state index is 0.314. The summed E-state index contributed by atoms with van der Waals surface area (Å²) in [6.45, 7) is 1.68. The Morgan fingerprint density at radius 3 is 2.00 bits per heavy atom. The molecule has 1 aromatic rings. The Kier molecular flexibility index (Phi) is 4.26. The number of hydrogen-bond donors (Lipinski definition) is 1. The number of ether oxygens (including phenoxy) is 3. The Morgan fingerprint density at radius 1 is 1.05 bits per heavy atom. The fourth-order valence-corrected chi connectivity index (χ4v) is 2.16. The summed E-state index contributed by atoms with van der Waals surface area (Å²) in [7, 11) is 4.80. The topological polar surface area (TPSA) is 82.7 Å². The van der Waals surface area contributed by atoms with Crippen molar-refractivity contribution in [2.75, 3.05) is 45.1 Å². The first-order chi connectivity index (χ1) is 9.19. The van der Waals surface area contributed by atoms with Crippen LogP contribution in [0.4, 0.5) is 11.6 Å². The van der Waals surface area contributed by atoms with Gasteiger partial charge in [-0.25, -0.2) is 0 Å². The maximum Gasteiger partial charge on any atom is 0.245 e. The zero-order valence-electron chi connectivity index (χ0n) is 11.5. The number of rotatable bonds is 4. The highest BCUT2D eigenvalue weighted by Crippen LogP contribution is 2.31. The summed E-state index contributed by atoms with van der Waals surface area (Å²) in [4.78, 5) is 10.7. The van der Waals surface area contributed by atoms with Gasteiger partial charge in [-0.1, -0.05) is 0 Å². The lowest BCUT2D eigenvalue weighted by molar-refractivity contribution is 0.0816. The summed E-state index contributed by atoms with van der Waals surface area (Å²) in [5.41, 5.74) is 6.15. The van der Waals surface area contributed by atoms with Crippen LogP contribution in [0.2, 0.25) is 0 Å². The molecular formula is C12H20N4O3. The Morgan fingerprint density at radius 2 is 1.58 bits per heavy atom. The molecule has 1 saturated heterocycles. The molecule has 2 heterocycles. The third-order valence-corrected chi connectivity index (χ3v) is 3.31. The van der Waals surface area contributed by atoms with Crippen LogP contribution >= 0.6 is 0 Å². The molecule has 7 heteroatoms. The molecule has 1 aliphatic heterocycles. The van der Waals surface area contributed by atoms with Crippen LogP contribution in [-0.2, 0) is 4.74 Å². The standard InChI is InChI=1S/C12H20N4O3/c1-17-8-4-6-16(7-5-8)12-14-10(18-2)9(13)11(15-12)19-3/h8H,4-7,13H2,1-3H3. The smallest absolute Gasteiger partial charge is 0.245 e. The quantitative estimate of drug-likeness (QED) is 0.860. The first-order valence-corrected chi connectivity index (χ1v) is 6.22. The van der Waals surface area contributed by atoms with Crippen LogP contribution in [0, 0.1) is 0 Å². The third kappa shape index (κ3) is 2.81. The molecule has 0 aliphatic carbocycles. The Labute approximate surface area is 112 Å². The molecule has 19 heavy (non-hydrogen) atoms. The molecule has 0 atom stereocenters. The van der Waals surface area contributed by atoms with Crippen LogP contribution in [-0.4, -0.2) is 50.5 Å². The zero-order valence-corrected chi connectivity index (χ0v) is 11.5. The van der Waals surface area contributed by atoms with Gasteiger partial charge in [-0.2, -0.15) is 9.97 Å². The number of methoxy groups -OCH3 is 3. The van der Waals surface area contributed by atoms with E-state index < -0.39 is 0 Å². The van der Waals surface area contributed by atoms with Crippen molar-refractivity contribution in [2.45, 2.75) is 18.9 Å². The first-order valence-electron chi connectivity index (χ1n) is 6.22. The molecule has 1 fully saturated rings. The zero-order chi connectivity index (χ0) is 13.8. The fourth-order valence-electron chi connectivity index (χ4n) is 2.16. The van der Waals surface area contributed by atoms with Gasteiger partial charge < -0.3 is 24.8 Å². The SMILES string of the molecule is COc1nc(N2CCC(OC)CC2)nc(OC)c1N. The number of aromatic nitrogens is 2. The fraction of sp³-hybridized carbons (Fsp3) is 0.667. The van der Waals surface area contributed by atoms with Crippen molar-refractivity contribution in [3.8, 4) is 11.8 Å². The number of nitrogen functional groups attached to an aromatic ring is 1. The number of hydrogen-bond acceptors (Lipinski definition) is 7. The highest BCUT2D eigenvalue weighted by Gasteiger charge is 2.23. The molecule has 0 spiro atoms. The molecule has 0 unspecified atom stereocenters. The van der Waals surface area contributed by atoms with Crippen molar-refractivity contribution in [3.05, 3.63) is 0 Å². The third-order valence-electron chi connectivity index (χ3n) is 3.31. The summed E-state index contributed by atoms with van der Waals surface area (Å²) >= 11 is 0. The molecule has 106 valence electrons. The minimum Gasteiger partial charge on any atom is -0.479 e. The number of nitrogens with two attached hydrogens (primary N) is 1. The molecule has 1 aliphatic rings. The van der Waals surface area contributed by atoms with Crippen LogP contribution < -0.4 is 20.1 Å². The summed E-state index contributed by atoms with van der Waals surface area (Å²) in [6.07, 6.45) is 2.22. The lowest BCUT2D eigenvalue weighted by atomic mass is 10.1. The molecular weight excluding hydrogens is 248 g/mol. The highest BCUT2D eigenvalue weighted by molar-refractivity contribution is 5.59. The van der Waals surface area contributed by atoms with Gasteiger partial charge in [-0.05, 0) is 12.8 Å². The average molecular weight is 268 g/mol. The van der Waals surface area contributed by atoms with Gasteiger partial charge in [0.25, 0.3) is 0 Å². The minimum atomic E-state index is 0.314.